The normalized spacial score (nSPS) is 32.5. The first-order chi connectivity index (χ1) is 17.6. The van der Waals surface area contributed by atoms with Gasteiger partial charge >= 0.3 is 0 Å². The van der Waals surface area contributed by atoms with Gasteiger partial charge in [-0.25, -0.2) is 12.7 Å². The number of ketones is 1. The maximum Gasteiger partial charge on any atom is 0.253 e. The molecule has 7 rings (SSSR count). The van der Waals surface area contributed by atoms with Gasteiger partial charge in [-0.3, -0.25) is 14.6 Å². The van der Waals surface area contributed by atoms with Crippen molar-refractivity contribution in [3.63, 3.8) is 0 Å². The van der Waals surface area contributed by atoms with Gasteiger partial charge in [0.2, 0.25) is 10.0 Å². The minimum atomic E-state index is -3.44. The summed E-state index contributed by atoms with van der Waals surface area (Å²) in [6.07, 6.45) is 9.25. The fourth-order valence-electron chi connectivity index (χ4n) is 8.45. The highest BCUT2D eigenvalue weighted by Crippen LogP contribution is 2.61. The molecular weight excluding hydrogens is 486 g/mol. The second-order valence-corrected chi connectivity index (χ2v) is 14.8. The molecule has 1 N–H and O–H groups in total. The smallest absolute Gasteiger partial charge is 0.253 e. The van der Waals surface area contributed by atoms with Crippen LogP contribution in [-0.4, -0.2) is 54.6 Å². The van der Waals surface area contributed by atoms with Gasteiger partial charge in [0.05, 0.1) is 5.75 Å². The Labute approximate surface area is 220 Å². The van der Waals surface area contributed by atoms with Gasteiger partial charge in [-0.1, -0.05) is 18.2 Å². The molecule has 1 aromatic rings. The number of benzene rings is 1. The van der Waals surface area contributed by atoms with Gasteiger partial charge in [0.1, 0.15) is 17.2 Å². The molecule has 200 valence electrons. The van der Waals surface area contributed by atoms with E-state index < -0.39 is 15.6 Å². The van der Waals surface area contributed by atoms with Crippen molar-refractivity contribution >= 4 is 27.5 Å². The van der Waals surface area contributed by atoms with E-state index in [0.717, 1.165) is 59.5 Å². The Balaban J connectivity index is 1.10. The largest absolute Gasteiger partial charge is 0.312 e. The van der Waals surface area contributed by atoms with E-state index in [1.165, 1.54) is 19.3 Å². The van der Waals surface area contributed by atoms with Crippen molar-refractivity contribution in [1.82, 2.24) is 9.62 Å². The van der Waals surface area contributed by atoms with E-state index in [0.29, 0.717) is 38.8 Å². The maximum absolute atomic E-state index is 13.2. The number of aryl methyl sites for hydroxylation is 2. The van der Waals surface area contributed by atoms with Crippen LogP contribution in [0.3, 0.4) is 0 Å². The minimum Gasteiger partial charge on any atom is -0.312 e. The molecule has 1 aromatic carbocycles. The molecular formula is C29H39N3O4S. The number of Topliss-reactive ketones (excluding diaryl/α,β-unsaturated/α-hetero) is 1. The zero-order valence-electron chi connectivity index (χ0n) is 22.1. The van der Waals surface area contributed by atoms with Crippen LogP contribution in [0.5, 0.6) is 0 Å². The number of carbonyl (C=O) groups excluding carboxylic acids is 2. The average molecular weight is 526 g/mol. The van der Waals surface area contributed by atoms with Crippen LogP contribution in [0.1, 0.15) is 75.0 Å². The Kier molecular flexibility index (Phi) is 6.14. The van der Waals surface area contributed by atoms with E-state index >= 15 is 0 Å². The number of amidine groups is 1. The summed E-state index contributed by atoms with van der Waals surface area (Å²) in [5.41, 5.74) is 2.22. The highest BCUT2D eigenvalue weighted by molar-refractivity contribution is 7.89. The molecule has 0 radical (unpaired) electrons. The van der Waals surface area contributed by atoms with E-state index in [4.69, 9.17) is 4.99 Å². The Morgan fingerprint density at radius 2 is 1.70 bits per heavy atom. The summed E-state index contributed by atoms with van der Waals surface area (Å²) in [6.45, 7) is 4.21. The van der Waals surface area contributed by atoms with Crippen LogP contribution >= 0.6 is 0 Å². The molecule has 1 spiro atoms. The third-order valence-corrected chi connectivity index (χ3v) is 11.8. The molecule has 5 fully saturated rings. The molecule has 7 nitrogen and oxygen atoms in total. The quantitative estimate of drug-likeness (QED) is 0.589. The van der Waals surface area contributed by atoms with E-state index in [-0.39, 0.29) is 22.9 Å². The summed E-state index contributed by atoms with van der Waals surface area (Å²) in [4.78, 5) is 29.7. The van der Waals surface area contributed by atoms with E-state index in [1.807, 2.05) is 25.1 Å². The topological polar surface area (TPSA) is 95.9 Å². The molecule has 6 aliphatic rings. The number of hydrogen-bond donors (Lipinski definition) is 1. The van der Waals surface area contributed by atoms with Gasteiger partial charge in [-0.2, -0.15) is 0 Å². The lowest BCUT2D eigenvalue weighted by molar-refractivity contribution is -0.125. The zero-order valence-corrected chi connectivity index (χ0v) is 22.9. The second kappa shape index (κ2) is 9.01. The number of sulfonamides is 1. The third-order valence-electron chi connectivity index (χ3n) is 9.95. The summed E-state index contributed by atoms with van der Waals surface area (Å²) < 4.78 is 28.0. The first-order valence-corrected chi connectivity index (χ1v) is 15.6. The molecule has 0 unspecified atom stereocenters. The van der Waals surface area contributed by atoms with Crippen molar-refractivity contribution in [2.75, 3.05) is 18.8 Å². The molecule has 4 saturated carbocycles. The molecule has 1 saturated heterocycles. The standard InChI is InChI=1S/C29H39N3O4S/c1-19-11-21(12-20(2)33)3-4-25(19)5-10-37(35,36)32-8-6-29(7-9-32)27(34)30-26(31-29)28-16-22-13-23(17-28)15-24(14-22)18-28/h3-4,11,22-24H,5-10,12-18H2,1-2H3,(H,30,31,34). The summed E-state index contributed by atoms with van der Waals surface area (Å²) in [5.74, 6) is 3.41. The number of nitrogens with one attached hydrogen (secondary N) is 1. The van der Waals surface area contributed by atoms with Crippen molar-refractivity contribution < 1.29 is 18.0 Å². The molecule has 2 heterocycles. The predicted molar refractivity (Wildman–Crippen MR) is 143 cm³/mol. The first-order valence-electron chi connectivity index (χ1n) is 14.0. The van der Waals surface area contributed by atoms with E-state index in [2.05, 4.69) is 5.32 Å². The summed E-state index contributed by atoms with van der Waals surface area (Å²) >= 11 is 0. The monoisotopic (exact) mass is 525 g/mol. The molecule has 1 amide bonds. The SMILES string of the molecule is CC(=O)Cc1ccc(CCS(=O)(=O)N2CCC3(CC2)N=C(C24CC5CC(CC(C5)C2)C4)NC3=O)c(C)c1. The van der Waals surface area contributed by atoms with Gasteiger partial charge in [-0.15, -0.1) is 0 Å². The third kappa shape index (κ3) is 4.58. The molecule has 0 atom stereocenters. The van der Waals surface area contributed by atoms with Gasteiger partial charge in [0, 0.05) is 24.9 Å². The Morgan fingerprint density at radius 3 is 2.27 bits per heavy atom. The number of amides is 1. The van der Waals surface area contributed by atoms with Crippen molar-refractivity contribution in [1.29, 1.82) is 0 Å². The number of piperidine rings is 1. The van der Waals surface area contributed by atoms with Crippen molar-refractivity contribution in [3.05, 3.63) is 34.9 Å². The van der Waals surface area contributed by atoms with Gasteiger partial charge < -0.3 is 5.32 Å². The van der Waals surface area contributed by atoms with Crippen molar-refractivity contribution in [3.8, 4) is 0 Å². The number of hydrogen-bond acceptors (Lipinski definition) is 5. The number of aliphatic imine (C=N–C) groups is 1. The Morgan fingerprint density at radius 1 is 1.08 bits per heavy atom. The van der Waals surface area contributed by atoms with Crippen LogP contribution < -0.4 is 5.32 Å². The Bertz CT molecular complexity index is 1220. The highest BCUT2D eigenvalue weighted by atomic mass is 32.2. The van der Waals surface area contributed by atoms with Gasteiger partial charge in [0.25, 0.3) is 5.91 Å². The van der Waals surface area contributed by atoms with E-state index in [9.17, 15) is 18.0 Å². The zero-order chi connectivity index (χ0) is 26.0. The Hall–Kier alpha value is -2.06. The lowest BCUT2D eigenvalue weighted by Gasteiger charge is -2.56. The minimum absolute atomic E-state index is 0.0171. The van der Waals surface area contributed by atoms with Crippen molar-refractivity contribution in [2.24, 2.45) is 28.2 Å². The molecule has 2 aliphatic heterocycles. The van der Waals surface area contributed by atoms with Gasteiger partial charge in [-0.05, 0) is 106 Å². The van der Waals surface area contributed by atoms with Crippen molar-refractivity contribution in [2.45, 2.75) is 83.6 Å². The maximum atomic E-state index is 13.2. The van der Waals surface area contributed by atoms with Crippen LogP contribution in [0.4, 0.5) is 0 Å². The highest BCUT2D eigenvalue weighted by Gasteiger charge is 2.57. The summed E-state index contributed by atoms with van der Waals surface area (Å²) in [7, 11) is -3.44. The van der Waals surface area contributed by atoms with Crippen LogP contribution in [0.15, 0.2) is 23.2 Å². The lowest BCUT2D eigenvalue weighted by atomic mass is 9.49. The molecule has 37 heavy (non-hydrogen) atoms. The predicted octanol–water partition coefficient (Wildman–Crippen LogP) is 3.58. The average Bonchev–Trinajstić information content (AvgIpc) is 3.14. The summed E-state index contributed by atoms with van der Waals surface area (Å²) in [5, 5.41) is 3.22. The van der Waals surface area contributed by atoms with E-state index in [1.54, 1.807) is 11.2 Å². The molecule has 8 heteroatoms. The van der Waals surface area contributed by atoms with Crippen LogP contribution in [-0.2, 0) is 32.5 Å². The number of nitrogens with zero attached hydrogens (tertiary/aromatic N) is 2. The molecule has 4 aliphatic carbocycles. The fraction of sp³-hybridized carbons (Fsp3) is 0.690. The summed E-state index contributed by atoms with van der Waals surface area (Å²) in [6, 6.07) is 5.84. The van der Waals surface area contributed by atoms with Gasteiger partial charge in [0.15, 0.2) is 0 Å². The van der Waals surface area contributed by atoms with Crippen LogP contribution in [0.2, 0.25) is 0 Å². The molecule has 4 bridgehead atoms. The first kappa shape index (κ1) is 25.2. The number of carbonyl (C=O) groups is 2. The lowest BCUT2D eigenvalue weighted by Crippen LogP contribution is -2.54. The van der Waals surface area contributed by atoms with Crippen LogP contribution in [0.25, 0.3) is 0 Å². The van der Waals surface area contributed by atoms with Crippen LogP contribution in [0, 0.1) is 30.1 Å². The number of rotatable bonds is 7. The molecule has 0 aromatic heterocycles. The second-order valence-electron chi connectivity index (χ2n) is 12.7. The fourth-order valence-corrected chi connectivity index (χ4v) is 9.92.